The van der Waals surface area contributed by atoms with E-state index in [9.17, 15) is 24.8 Å². The van der Waals surface area contributed by atoms with Crippen LogP contribution in [0.1, 0.15) is 62.9 Å². The van der Waals surface area contributed by atoms with Crippen molar-refractivity contribution in [3.63, 3.8) is 0 Å². The van der Waals surface area contributed by atoms with E-state index in [1.807, 2.05) is 13.0 Å². The van der Waals surface area contributed by atoms with Crippen LogP contribution in [0, 0.1) is 11.3 Å². The van der Waals surface area contributed by atoms with E-state index in [0.717, 1.165) is 36.1 Å². The number of amides is 2. The second-order valence-electron chi connectivity index (χ2n) is 8.36. The predicted octanol–water partition coefficient (Wildman–Crippen LogP) is 5.96. The van der Waals surface area contributed by atoms with E-state index in [1.54, 1.807) is 30.3 Å². The Labute approximate surface area is 217 Å². The molecule has 1 aliphatic carbocycles. The van der Waals surface area contributed by atoms with Gasteiger partial charge in [-0.15, -0.1) is 23.1 Å². The monoisotopic (exact) mass is 519 g/mol. The highest BCUT2D eigenvalue weighted by Crippen LogP contribution is 2.38. The summed E-state index contributed by atoms with van der Waals surface area (Å²) in [4.78, 5) is 39.3. The number of nitriles is 1. The van der Waals surface area contributed by atoms with Gasteiger partial charge < -0.3 is 15.7 Å². The van der Waals surface area contributed by atoms with Gasteiger partial charge in [0.1, 0.15) is 11.1 Å². The highest BCUT2D eigenvalue weighted by atomic mass is 32.2. The molecule has 2 amide bonds. The summed E-state index contributed by atoms with van der Waals surface area (Å²) < 4.78 is 0. The lowest BCUT2D eigenvalue weighted by atomic mass is 9.96. The number of benzene rings is 2. The summed E-state index contributed by atoms with van der Waals surface area (Å²) in [6.07, 6.45) is 4.58. The molecule has 0 saturated heterocycles. The first-order valence-corrected chi connectivity index (χ1v) is 13.4. The highest BCUT2D eigenvalue weighted by molar-refractivity contribution is 8.00. The van der Waals surface area contributed by atoms with Crippen LogP contribution >= 0.6 is 23.1 Å². The fourth-order valence-electron chi connectivity index (χ4n) is 4.16. The van der Waals surface area contributed by atoms with Crippen molar-refractivity contribution in [2.75, 3.05) is 10.6 Å². The minimum atomic E-state index is -1.17. The lowest BCUT2D eigenvalue weighted by molar-refractivity contribution is -0.115. The first-order valence-electron chi connectivity index (χ1n) is 11.7. The lowest BCUT2D eigenvalue weighted by Gasteiger charge is -2.15. The molecule has 0 saturated carbocycles. The second kappa shape index (κ2) is 11.4. The smallest absolute Gasteiger partial charge is 0.336 e. The number of rotatable bonds is 8. The molecular weight excluding hydrogens is 494 g/mol. The molecule has 4 rings (SSSR count). The largest absolute Gasteiger partial charge is 0.478 e. The zero-order chi connectivity index (χ0) is 25.7. The number of aryl methyl sites for hydroxylation is 1. The Hall–Kier alpha value is -3.61. The number of carboxylic acid groups (broad SMARTS) is 1. The molecule has 0 spiro atoms. The Bertz CT molecular complexity index is 1360. The van der Waals surface area contributed by atoms with E-state index < -0.39 is 17.1 Å². The van der Waals surface area contributed by atoms with E-state index in [0.29, 0.717) is 22.7 Å². The maximum absolute atomic E-state index is 13.1. The Morgan fingerprint density at radius 3 is 2.56 bits per heavy atom. The molecule has 0 aliphatic heterocycles. The Balaban J connectivity index is 1.46. The molecule has 36 heavy (non-hydrogen) atoms. The number of anilines is 2. The topological polar surface area (TPSA) is 119 Å². The standard InChI is InChI=1S/C27H25N3O4S2/c1-2-22(25(32)30-26-21(15-28)18-10-5-6-13-23(18)36-26)35-17-9-7-8-16(14-17)29-24(31)19-11-3-4-12-20(19)27(33)34/h3-4,7-9,11-12,14,22H,2,5-6,10,13H2,1H3,(H,29,31)(H,30,32)(H,33,34). The van der Waals surface area contributed by atoms with Gasteiger partial charge in [-0.25, -0.2) is 4.79 Å². The fourth-order valence-corrected chi connectivity index (χ4v) is 6.42. The molecule has 1 unspecified atom stereocenters. The maximum Gasteiger partial charge on any atom is 0.336 e. The number of carbonyl (C=O) groups excluding carboxylic acids is 2. The molecule has 1 heterocycles. The number of nitrogens with zero attached hydrogens (tertiary/aromatic N) is 1. The first kappa shape index (κ1) is 25.5. The second-order valence-corrected chi connectivity index (χ2v) is 10.7. The Morgan fingerprint density at radius 1 is 1.08 bits per heavy atom. The van der Waals surface area contributed by atoms with Crippen molar-refractivity contribution in [2.24, 2.45) is 0 Å². The van der Waals surface area contributed by atoms with Gasteiger partial charge in [0.2, 0.25) is 5.91 Å². The van der Waals surface area contributed by atoms with Gasteiger partial charge in [-0.3, -0.25) is 9.59 Å². The molecule has 1 aliphatic rings. The molecule has 0 bridgehead atoms. The molecule has 0 fully saturated rings. The minimum Gasteiger partial charge on any atom is -0.478 e. The van der Waals surface area contributed by atoms with Crippen LogP contribution in [0.25, 0.3) is 0 Å². The number of fused-ring (bicyclic) bond motifs is 1. The number of thioether (sulfide) groups is 1. The quantitative estimate of drug-likeness (QED) is 0.316. The zero-order valence-corrected chi connectivity index (χ0v) is 21.3. The van der Waals surface area contributed by atoms with E-state index in [4.69, 9.17) is 0 Å². The van der Waals surface area contributed by atoms with Crippen LogP contribution in [-0.2, 0) is 17.6 Å². The number of hydrogen-bond acceptors (Lipinski definition) is 6. The lowest BCUT2D eigenvalue weighted by Crippen LogP contribution is -2.24. The molecule has 0 radical (unpaired) electrons. The number of nitrogens with one attached hydrogen (secondary N) is 2. The molecular formula is C27H25N3O4S2. The van der Waals surface area contributed by atoms with Gasteiger partial charge in [-0.2, -0.15) is 5.26 Å². The third-order valence-electron chi connectivity index (χ3n) is 5.96. The van der Waals surface area contributed by atoms with E-state index in [2.05, 4.69) is 16.7 Å². The van der Waals surface area contributed by atoms with Gasteiger partial charge >= 0.3 is 5.97 Å². The summed E-state index contributed by atoms with van der Waals surface area (Å²) >= 11 is 2.88. The van der Waals surface area contributed by atoms with Crippen LogP contribution in [0.4, 0.5) is 10.7 Å². The zero-order valence-electron chi connectivity index (χ0n) is 19.7. The van der Waals surface area contributed by atoms with Crippen molar-refractivity contribution in [1.82, 2.24) is 0 Å². The van der Waals surface area contributed by atoms with Crippen LogP contribution in [-0.4, -0.2) is 28.1 Å². The van der Waals surface area contributed by atoms with Gasteiger partial charge in [0.25, 0.3) is 5.91 Å². The van der Waals surface area contributed by atoms with Crippen molar-refractivity contribution < 1.29 is 19.5 Å². The highest BCUT2D eigenvalue weighted by Gasteiger charge is 2.25. The van der Waals surface area contributed by atoms with Gasteiger partial charge in [0, 0.05) is 15.5 Å². The van der Waals surface area contributed by atoms with Crippen LogP contribution in [0.15, 0.2) is 53.4 Å². The first-order chi connectivity index (χ1) is 17.4. The Kier molecular flexibility index (Phi) is 8.08. The molecule has 1 aromatic heterocycles. The average Bonchev–Trinajstić information content (AvgIpc) is 3.24. The predicted molar refractivity (Wildman–Crippen MR) is 142 cm³/mol. The summed E-state index contributed by atoms with van der Waals surface area (Å²) in [5.74, 6) is -1.86. The van der Waals surface area contributed by atoms with Crippen LogP contribution < -0.4 is 10.6 Å². The summed E-state index contributed by atoms with van der Waals surface area (Å²) in [6.45, 7) is 1.93. The van der Waals surface area contributed by atoms with Crippen LogP contribution in [0.2, 0.25) is 0 Å². The van der Waals surface area contributed by atoms with E-state index in [1.165, 1.54) is 40.1 Å². The van der Waals surface area contributed by atoms with E-state index in [-0.39, 0.29) is 17.0 Å². The third kappa shape index (κ3) is 5.61. The van der Waals surface area contributed by atoms with Crippen LogP contribution in [0.3, 0.4) is 0 Å². The SMILES string of the molecule is CCC(Sc1cccc(NC(=O)c2ccccc2C(=O)O)c1)C(=O)Nc1sc2c(c1C#N)CCCC2. The summed E-state index contributed by atoms with van der Waals surface area (Å²) in [5, 5.41) is 25.0. The molecule has 3 N–H and O–H groups in total. The Morgan fingerprint density at radius 2 is 1.83 bits per heavy atom. The molecule has 9 heteroatoms. The van der Waals surface area contributed by atoms with Crippen molar-refractivity contribution in [3.05, 3.63) is 75.7 Å². The van der Waals surface area contributed by atoms with Crippen LogP contribution in [0.5, 0.6) is 0 Å². The summed E-state index contributed by atoms with van der Waals surface area (Å²) in [5.41, 5.74) is 2.17. The van der Waals surface area contributed by atoms with E-state index >= 15 is 0 Å². The van der Waals surface area contributed by atoms with Crippen molar-refractivity contribution in [2.45, 2.75) is 49.2 Å². The normalized spacial score (nSPS) is 13.2. The van der Waals surface area contributed by atoms with Gasteiger partial charge in [0.05, 0.1) is 21.9 Å². The van der Waals surface area contributed by atoms with Gasteiger partial charge in [-0.1, -0.05) is 25.1 Å². The van der Waals surface area contributed by atoms with Crippen molar-refractivity contribution >= 4 is 51.6 Å². The average molecular weight is 520 g/mol. The summed E-state index contributed by atoms with van der Waals surface area (Å²) in [6, 6.07) is 15.4. The maximum atomic E-state index is 13.1. The number of aromatic carboxylic acids is 1. The molecule has 1 atom stereocenters. The van der Waals surface area contributed by atoms with Crippen molar-refractivity contribution in [3.8, 4) is 6.07 Å². The fraction of sp³-hybridized carbons (Fsp3) is 0.259. The van der Waals surface area contributed by atoms with Gasteiger partial charge in [-0.05, 0) is 68.0 Å². The third-order valence-corrected chi connectivity index (χ3v) is 8.52. The molecule has 2 aromatic carbocycles. The summed E-state index contributed by atoms with van der Waals surface area (Å²) in [7, 11) is 0. The minimum absolute atomic E-state index is 0.0702. The van der Waals surface area contributed by atoms with Gasteiger partial charge in [0.15, 0.2) is 0 Å². The van der Waals surface area contributed by atoms with Crippen molar-refractivity contribution in [1.29, 1.82) is 5.26 Å². The number of carbonyl (C=O) groups is 3. The molecule has 3 aromatic rings. The number of hydrogen-bond donors (Lipinski definition) is 3. The molecule has 7 nitrogen and oxygen atoms in total. The number of carboxylic acids is 1. The molecule has 184 valence electrons. The number of thiophene rings is 1.